The van der Waals surface area contributed by atoms with Gasteiger partial charge in [0.15, 0.2) is 0 Å². The average Bonchev–Trinajstić information content (AvgIpc) is 2.34. The summed E-state index contributed by atoms with van der Waals surface area (Å²) in [5.74, 6) is 0. The third-order valence-corrected chi connectivity index (χ3v) is 3.41. The maximum atomic E-state index is 12.0. The van der Waals surface area contributed by atoms with Crippen LogP contribution in [0.1, 0.15) is 26.3 Å². The molecule has 0 aliphatic carbocycles. The molecule has 0 bridgehead atoms. The zero-order valence-electron chi connectivity index (χ0n) is 11.4. The van der Waals surface area contributed by atoms with Crippen LogP contribution in [0.3, 0.4) is 0 Å². The maximum Gasteiger partial charge on any atom is 0.339 e. The van der Waals surface area contributed by atoms with Crippen molar-refractivity contribution in [1.82, 2.24) is 0 Å². The lowest BCUT2D eigenvalue weighted by atomic mass is 9.87. The van der Waals surface area contributed by atoms with Crippen LogP contribution in [-0.2, 0) is 5.41 Å². The molecule has 0 amide bonds. The molecule has 0 fully saturated rings. The summed E-state index contributed by atoms with van der Waals surface area (Å²) >= 11 is 0. The lowest BCUT2D eigenvalue weighted by molar-refractivity contribution is 0.502. The predicted octanol–water partition coefficient (Wildman–Crippen LogP) is 4.24. The standard InChI is InChI=1S/C17H16O2/c1-17(2,3)14-9-13-8-11-6-4-5-7-12(11)10-15(13)19-16(14)18/h4-10H,1-3H3. The fourth-order valence-electron chi connectivity index (χ4n) is 2.33. The minimum Gasteiger partial charge on any atom is -0.422 e. The van der Waals surface area contributed by atoms with E-state index >= 15 is 0 Å². The molecular formula is C17H16O2. The van der Waals surface area contributed by atoms with Crippen molar-refractivity contribution in [3.8, 4) is 0 Å². The Hall–Kier alpha value is -2.09. The van der Waals surface area contributed by atoms with Crippen LogP contribution in [0, 0.1) is 0 Å². The van der Waals surface area contributed by atoms with Gasteiger partial charge < -0.3 is 4.42 Å². The summed E-state index contributed by atoms with van der Waals surface area (Å²) < 4.78 is 5.47. The first-order chi connectivity index (χ1) is 8.95. The van der Waals surface area contributed by atoms with E-state index < -0.39 is 0 Å². The van der Waals surface area contributed by atoms with E-state index in [1.807, 2.05) is 51.1 Å². The van der Waals surface area contributed by atoms with E-state index in [9.17, 15) is 4.79 Å². The van der Waals surface area contributed by atoms with E-state index in [-0.39, 0.29) is 11.0 Å². The molecule has 2 heteroatoms. The molecule has 96 valence electrons. The lowest BCUT2D eigenvalue weighted by Gasteiger charge is -2.17. The van der Waals surface area contributed by atoms with Crippen LogP contribution in [0.4, 0.5) is 0 Å². The molecule has 0 spiro atoms. The second-order valence-corrected chi connectivity index (χ2v) is 5.93. The summed E-state index contributed by atoms with van der Waals surface area (Å²) in [5, 5.41) is 3.22. The highest BCUT2D eigenvalue weighted by Crippen LogP contribution is 2.26. The summed E-state index contributed by atoms with van der Waals surface area (Å²) in [4.78, 5) is 12.0. The number of hydrogen-bond donors (Lipinski definition) is 0. The van der Waals surface area contributed by atoms with Gasteiger partial charge in [0.25, 0.3) is 0 Å². The van der Waals surface area contributed by atoms with Crippen molar-refractivity contribution in [2.45, 2.75) is 26.2 Å². The van der Waals surface area contributed by atoms with Crippen molar-refractivity contribution < 1.29 is 4.42 Å². The van der Waals surface area contributed by atoms with E-state index in [1.165, 1.54) is 0 Å². The largest absolute Gasteiger partial charge is 0.422 e. The van der Waals surface area contributed by atoms with Crippen LogP contribution < -0.4 is 5.63 Å². The summed E-state index contributed by atoms with van der Waals surface area (Å²) in [6, 6.07) is 14.0. The topological polar surface area (TPSA) is 30.2 Å². The van der Waals surface area contributed by atoms with Crippen molar-refractivity contribution >= 4 is 21.7 Å². The van der Waals surface area contributed by atoms with E-state index in [4.69, 9.17) is 4.42 Å². The molecule has 3 aromatic rings. The molecule has 0 saturated heterocycles. The van der Waals surface area contributed by atoms with Gasteiger partial charge in [-0.1, -0.05) is 45.0 Å². The van der Waals surface area contributed by atoms with Crippen molar-refractivity contribution in [3.05, 3.63) is 58.4 Å². The fraction of sp³-hybridized carbons (Fsp3) is 0.235. The van der Waals surface area contributed by atoms with Gasteiger partial charge in [-0.05, 0) is 34.4 Å². The molecule has 1 aromatic heterocycles. The molecule has 1 heterocycles. The zero-order chi connectivity index (χ0) is 13.6. The van der Waals surface area contributed by atoms with Gasteiger partial charge >= 0.3 is 5.63 Å². The average molecular weight is 252 g/mol. The van der Waals surface area contributed by atoms with Crippen LogP contribution >= 0.6 is 0 Å². The molecule has 0 N–H and O–H groups in total. The van der Waals surface area contributed by atoms with E-state index in [0.717, 1.165) is 21.7 Å². The van der Waals surface area contributed by atoms with Gasteiger partial charge in [-0.2, -0.15) is 0 Å². The molecule has 0 aliphatic heterocycles. The SMILES string of the molecule is CC(C)(C)c1cc2cc3ccccc3cc2oc1=O. The summed E-state index contributed by atoms with van der Waals surface area (Å²) in [7, 11) is 0. The second-order valence-electron chi connectivity index (χ2n) is 5.93. The Morgan fingerprint density at radius 2 is 1.53 bits per heavy atom. The van der Waals surface area contributed by atoms with E-state index in [2.05, 4.69) is 12.1 Å². The quantitative estimate of drug-likeness (QED) is 0.442. The predicted molar refractivity (Wildman–Crippen MR) is 78.7 cm³/mol. The van der Waals surface area contributed by atoms with Gasteiger partial charge in [0, 0.05) is 10.9 Å². The molecule has 0 radical (unpaired) electrons. The van der Waals surface area contributed by atoms with Crippen molar-refractivity contribution in [2.75, 3.05) is 0 Å². The number of hydrogen-bond acceptors (Lipinski definition) is 2. The van der Waals surface area contributed by atoms with Gasteiger partial charge in [0.05, 0.1) is 0 Å². The molecule has 3 rings (SSSR count). The molecule has 2 nitrogen and oxygen atoms in total. The Bertz CT molecular complexity index is 820. The number of benzene rings is 2. The first kappa shape index (κ1) is 12.0. The Morgan fingerprint density at radius 3 is 2.16 bits per heavy atom. The Morgan fingerprint density at radius 1 is 0.895 bits per heavy atom. The van der Waals surface area contributed by atoms with Crippen LogP contribution in [0.5, 0.6) is 0 Å². The van der Waals surface area contributed by atoms with Crippen LogP contribution in [0.2, 0.25) is 0 Å². The normalized spacial score (nSPS) is 12.2. The third-order valence-electron chi connectivity index (χ3n) is 3.41. The van der Waals surface area contributed by atoms with Gasteiger partial charge in [-0.3, -0.25) is 0 Å². The Kier molecular flexibility index (Phi) is 2.49. The van der Waals surface area contributed by atoms with Crippen LogP contribution in [-0.4, -0.2) is 0 Å². The maximum absolute atomic E-state index is 12.0. The highest BCUT2D eigenvalue weighted by Gasteiger charge is 2.19. The summed E-state index contributed by atoms with van der Waals surface area (Å²) in [5.41, 5.74) is 0.919. The lowest BCUT2D eigenvalue weighted by Crippen LogP contribution is -2.21. The number of fused-ring (bicyclic) bond motifs is 2. The van der Waals surface area contributed by atoms with Crippen molar-refractivity contribution in [1.29, 1.82) is 0 Å². The number of rotatable bonds is 0. The fourth-order valence-corrected chi connectivity index (χ4v) is 2.33. The molecule has 0 unspecified atom stereocenters. The van der Waals surface area contributed by atoms with Gasteiger partial charge in [0.1, 0.15) is 5.58 Å². The minimum absolute atomic E-state index is 0.208. The summed E-state index contributed by atoms with van der Waals surface area (Å²) in [6.45, 7) is 6.06. The molecule has 0 aliphatic rings. The third kappa shape index (κ3) is 2.03. The van der Waals surface area contributed by atoms with Crippen molar-refractivity contribution in [2.24, 2.45) is 0 Å². The molecular weight excluding hydrogens is 236 g/mol. The summed E-state index contributed by atoms with van der Waals surface area (Å²) in [6.07, 6.45) is 0. The van der Waals surface area contributed by atoms with Crippen molar-refractivity contribution in [3.63, 3.8) is 0 Å². The Labute approximate surface area is 111 Å². The van der Waals surface area contributed by atoms with Crippen LogP contribution in [0.25, 0.3) is 21.7 Å². The van der Waals surface area contributed by atoms with E-state index in [1.54, 1.807) is 0 Å². The second kappa shape index (κ2) is 3.95. The Balaban J connectivity index is 2.40. The zero-order valence-corrected chi connectivity index (χ0v) is 11.4. The highest BCUT2D eigenvalue weighted by atomic mass is 16.4. The molecule has 2 aromatic carbocycles. The first-order valence-electron chi connectivity index (χ1n) is 6.42. The minimum atomic E-state index is -0.240. The monoisotopic (exact) mass is 252 g/mol. The first-order valence-corrected chi connectivity index (χ1v) is 6.42. The molecule has 0 atom stereocenters. The van der Waals surface area contributed by atoms with Gasteiger partial charge in [0.2, 0.25) is 0 Å². The van der Waals surface area contributed by atoms with Crippen LogP contribution in [0.15, 0.2) is 51.7 Å². The molecule has 19 heavy (non-hydrogen) atoms. The highest BCUT2D eigenvalue weighted by molar-refractivity contribution is 5.95. The smallest absolute Gasteiger partial charge is 0.339 e. The van der Waals surface area contributed by atoms with E-state index in [0.29, 0.717) is 5.58 Å². The van der Waals surface area contributed by atoms with Gasteiger partial charge in [-0.25, -0.2) is 4.79 Å². The molecule has 0 saturated carbocycles. The van der Waals surface area contributed by atoms with Gasteiger partial charge in [-0.15, -0.1) is 0 Å².